The summed E-state index contributed by atoms with van der Waals surface area (Å²) in [6.45, 7) is 16.4. The van der Waals surface area contributed by atoms with Crippen molar-refractivity contribution >= 4 is 11.9 Å². The fourth-order valence-electron chi connectivity index (χ4n) is 3.31. The summed E-state index contributed by atoms with van der Waals surface area (Å²) in [7, 11) is 0. The highest BCUT2D eigenvalue weighted by Crippen LogP contribution is 2.53. The molecule has 1 unspecified atom stereocenters. The molecule has 3 saturated heterocycles. The zero-order valence-electron chi connectivity index (χ0n) is 18.9. The maximum absolute atomic E-state index is 12.6. The van der Waals surface area contributed by atoms with Crippen LogP contribution in [0.3, 0.4) is 0 Å². The molecule has 0 aromatic carbocycles. The third-order valence-electron chi connectivity index (χ3n) is 5.21. The molecule has 0 spiro atoms. The summed E-state index contributed by atoms with van der Waals surface area (Å²) < 4.78 is 35.6. The maximum Gasteiger partial charge on any atom is 0.311 e. The molecule has 3 aliphatic rings. The molecule has 0 aromatic rings. The first kappa shape index (κ1) is 22.5. The van der Waals surface area contributed by atoms with Gasteiger partial charge in [0.15, 0.2) is 18.5 Å². The molecule has 0 aromatic heterocycles. The lowest BCUT2D eigenvalue weighted by molar-refractivity contribution is -0.428. The normalized spacial score (nSPS) is 36.8. The first-order chi connectivity index (χ1) is 13.1. The molecule has 0 amide bonds. The summed E-state index contributed by atoms with van der Waals surface area (Å²) >= 11 is 0. The highest BCUT2D eigenvalue weighted by Gasteiger charge is 2.70. The summed E-state index contributed by atoms with van der Waals surface area (Å²) in [5.74, 6) is -2.04. The number of hydrogen-bond acceptors (Lipinski definition) is 8. The SMILES string of the molecule is CC(C)(C)C(=O)OC[C@H]1O[C@@H]2OC3(C(C)(C)C)O[C@@H]2[C@@H](OC(=O)C(C)(C)C)[C@@H]1O3. The van der Waals surface area contributed by atoms with E-state index < -0.39 is 52.9 Å². The lowest BCUT2D eigenvalue weighted by Crippen LogP contribution is -2.65. The lowest BCUT2D eigenvalue weighted by Gasteiger charge is -2.48. The van der Waals surface area contributed by atoms with Crippen LogP contribution in [0.2, 0.25) is 0 Å². The highest BCUT2D eigenvalue weighted by molar-refractivity contribution is 5.76. The van der Waals surface area contributed by atoms with Gasteiger partial charge in [-0.05, 0) is 41.5 Å². The third kappa shape index (κ3) is 4.04. The van der Waals surface area contributed by atoms with Gasteiger partial charge in [-0.2, -0.15) is 0 Å². The van der Waals surface area contributed by atoms with Crippen LogP contribution >= 0.6 is 0 Å². The van der Waals surface area contributed by atoms with Crippen LogP contribution in [0.1, 0.15) is 62.3 Å². The van der Waals surface area contributed by atoms with Crippen molar-refractivity contribution in [1.29, 1.82) is 0 Å². The zero-order chi connectivity index (χ0) is 22.0. The van der Waals surface area contributed by atoms with Gasteiger partial charge in [0.1, 0.15) is 18.8 Å². The molecule has 3 aliphatic heterocycles. The van der Waals surface area contributed by atoms with E-state index >= 15 is 0 Å². The highest BCUT2D eigenvalue weighted by atomic mass is 17.0. The van der Waals surface area contributed by atoms with Crippen molar-refractivity contribution in [2.24, 2.45) is 16.2 Å². The molecule has 6 atom stereocenters. The van der Waals surface area contributed by atoms with Crippen LogP contribution in [-0.4, -0.2) is 55.2 Å². The van der Waals surface area contributed by atoms with Crippen molar-refractivity contribution in [2.45, 2.75) is 99.0 Å². The van der Waals surface area contributed by atoms with Gasteiger partial charge in [0.05, 0.1) is 10.8 Å². The van der Waals surface area contributed by atoms with E-state index in [1.807, 2.05) is 20.8 Å². The number of carbonyl (C=O) groups is 2. The number of carbonyl (C=O) groups excluding carboxylic acids is 2. The predicted octanol–water partition coefficient (Wildman–Crippen LogP) is 2.77. The number of fused-ring (bicyclic) bond motifs is 2. The fraction of sp³-hybridized carbons (Fsp3) is 0.905. The van der Waals surface area contributed by atoms with Crippen molar-refractivity contribution in [1.82, 2.24) is 0 Å². The van der Waals surface area contributed by atoms with Crippen LogP contribution in [0.5, 0.6) is 0 Å². The Morgan fingerprint density at radius 2 is 1.38 bits per heavy atom. The van der Waals surface area contributed by atoms with E-state index in [1.165, 1.54) is 0 Å². The minimum absolute atomic E-state index is 0.0306. The molecule has 8 heteroatoms. The first-order valence-corrected chi connectivity index (χ1v) is 10.1. The van der Waals surface area contributed by atoms with Crippen molar-refractivity contribution in [2.75, 3.05) is 6.61 Å². The minimum atomic E-state index is -1.32. The minimum Gasteiger partial charge on any atom is -0.462 e. The molecular formula is C21H34O8. The Balaban J connectivity index is 1.84. The van der Waals surface area contributed by atoms with Crippen LogP contribution in [0.4, 0.5) is 0 Å². The van der Waals surface area contributed by atoms with Gasteiger partial charge in [-0.15, -0.1) is 0 Å². The molecular weight excluding hydrogens is 380 g/mol. The molecule has 29 heavy (non-hydrogen) atoms. The Hall–Kier alpha value is -1.22. The summed E-state index contributed by atoms with van der Waals surface area (Å²) in [6.07, 6.45) is -3.46. The van der Waals surface area contributed by atoms with E-state index in [0.717, 1.165) is 0 Å². The molecule has 3 heterocycles. The average Bonchev–Trinajstić information content (AvgIpc) is 2.76. The second kappa shape index (κ2) is 6.90. The third-order valence-corrected chi connectivity index (χ3v) is 5.21. The Kier molecular flexibility index (Phi) is 5.35. The first-order valence-electron chi connectivity index (χ1n) is 10.1. The molecule has 0 aliphatic carbocycles. The van der Waals surface area contributed by atoms with E-state index in [9.17, 15) is 9.59 Å². The van der Waals surface area contributed by atoms with Crippen LogP contribution < -0.4 is 0 Å². The summed E-state index contributed by atoms with van der Waals surface area (Å²) in [6, 6.07) is 0. The average molecular weight is 414 g/mol. The number of ether oxygens (including phenoxy) is 6. The molecule has 8 nitrogen and oxygen atoms in total. The van der Waals surface area contributed by atoms with E-state index in [0.29, 0.717) is 0 Å². The summed E-state index contributed by atoms with van der Waals surface area (Å²) in [4.78, 5) is 24.8. The van der Waals surface area contributed by atoms with Crippen LogP contribution in [0.25, 0.3) is 0 Å². The van der Waals surface area contributed by atoms with Gasteiger partial charge in [0.2, 0.25) is 0 Å². The number of hydrogen-bond donors (Lipinski definition) is 0. The van der Waals surface area contributed by atoms with Crippen LogP contribution in [0, 0.1) is 16.2 Å². The van der Waals surface area contributed by atoms with Crippen molar-refractivity contribution in [3.8, 4) is 0 Å². The van der Waals surface area contributed by atoms with Crippen molar-refractivity contribution in [3.05, 3.63) is 0 Å². The standard InChI is InChI=1S/C21H34O8/c1-18(2,3)16(22)24-10-11-12-13(26-17(23)19(4,5)6)14-15(25-11)29-21(27-12,28-14)20(7,8)9/h11-15H,10H2,1-9H3/t11-,12-,13+,14-,15-,21?/m1/s1. The van der Waals surface area contributed by atoms with Crippen molar-refractivity contribution in [3.63, 3.8) is 0 Å². The fourth-order valence-corrected chi connectivity index (χ4v) is 3.31. The molecule has 3 rings (SSSR count). The maximum atomic E-state index is 12.6. The number of rotatable bonds is 3. The Labute approximate surface area is 172 Å². The Bertz CT molecular complexity index is 668. The Morgan fingerprint density at radius 1 is 0.828 bits per heavy atom. The molecule has 0 N–H and O–H groups in total. The smallest absolute Gasteiger partial charge is 0.311 e. The van der Waals surface area contributed by atoms with Gasteiger partial charge in [0.25, 0.3) is 5.97 Å². The van der Waals surface area contributed by atoms with Gasteiger partial charge in [0, 0.05) is 5.41 Å². The molecule has 3 fully saturated rings. The molecule has 3 bridgehead atoms. The molecule has 166 valence electrons. The van der Waals surface area contributed by atoms with Gasteiger partial charge in [-0.3, -0.25) is 14.3 Å². The van der Waals surface area contributed by atoms with Gasteiger partial charge in [-0.25, -0.2) is 0 Å². The van der Waals surface area contributed by atoms with Crippen molar-refractivity contribution < 1.29 is 38.0 Å². The van der Waals surface area contributed by atoms with E-state index in [4.69, 9.17) is 28.4 Å². The van der Waals surface area contributed by atoms with Gasteiger partial charge >= 0.3 is 11.9 Å². The van der Waals surface area contributed by atoms with E-state index in [1.54, 1.807) is 41.5 Å². The quantitative estimate of drug-likeness (QED) is 0.652. The predicted molar refractivity (Wildman–Crippen MR) is 101 cm³/mol. The second-order valence-corrected chi connectivity index (χ2v) is 11.1. The molecule has 0 saturated carbocycles. The summed E-state index contributed by atoms with van der Waals surface area (Å²) in [5.41, 5.74) is -1.85. The zero-order valence-corrected chi connectivity index (χ0v) is 18.9. The largest absolute Gasteiger partial charge is 0.462 e. The molecule has 0 radical (unpaired) electrons. The van der Waals surface area contributed by atoms with Crippen LogP contribution in [-0.2, 0) is 38.0 Å². The second-order valence-electron chi connectivity index (χ2n) is 11.1. The van der Waals surface area contributed by atoms with Gasteiger partial charge < -0.3 is 23.7 Å². The van der Waals surface area contributed by atoms with E-state index in [2.05, 4.69) is 0 Å². The Morgan fingerprint density at radius 3 is 1.90 bits per heavy atom. The monoisotopic (exact) mass is 414 g/mol. The van der Waals surface area contributed by atoms with Gasteiger partial charge in [-0.1, -0.05) is 20.8 Å². The topological polar surface area (TPSA) is 89.5 Å². The van der Waals surface area contributed by atoms with Crippen LogP contribution in [0.15, 0.2) is 0 Å². The number of esters is 2. The lowest BCUT2D eigenvalue weighted by atomic mass is 9.90. The van der Waals surface area contributed by atoms with E-state index in [-0.39, 0.29) is 18.5 Å². The summed E-state index contributed by atoms with van der Waals surface area (Å²) in [5, 5.41) is 0.